The fourth-order valence-electron chi connectivity index (χ4n) is 2.95. The van der Waals surface area contributed by atoms with Crippen molar-refractivity contribution >= 4 is 23.0 Å². The van der Waals surface area contributed by atoms with Crippen LogP contribution in [-0.2, 0) is 11.2 Å². The Morgan fingerprint density at radius 3 is 2.96 bits per heavy atom. The van der Waals surface area contributed by atoms with Crippen LogP contribution in [0, 0.1) is 0 Å². The highest BCUT2D eigenvalue weighted by atomic mass is 16.5. The summed E-state index contributed by atoms with van der Waals surface area (Å²) in [6.07, 6.45) is 2.13. The van der Waals surface area contributed by atoms with Gasteiger partial charge in [-0.1, -0.05) is 18.2 Å². The second-order valence-electron chi connectivity index (χ2n) is 5.66. The van der Waals surface area contributed by atoms with Crippen molar-refractivity contribution in [1.29, 1.82) is 0 Å². The number of anilines is 3. The number of nitrogens with two attached hydrogens (primary N) is 1. The van der Waals surface area contributed by atoms with E-state index in [2.05, 4.69) is 22.3 Å². The molecule has 120 valence electrons. The number of para-hydroxylation sites is 1. The maximum atomic E-state index is 12.4. The fourth-order valence-corrected chi connectivity index (χ4v) is 2.95. The lowest BCUT2D eigenvalue weighted by Gasteiger charge is -2.30. The van der Waals surface area contributed by atoms with Crippen LogP contribution < -0.4 is 20.7 Å². The minimum atomic E-state index is -0.0650. The number of nitrogens with one attached hydrogen (secondary N) is 1. The number of hydrogen-bond acceptors (Lipinski definition) is 4. The average Bonchev–Trinajstić information content (AvgIpc) is 2.57. The number of aryl methyl sites for hydroxylation is 1. The zero-order valence-electron chi connectivity index (χ0n) is 13.2. The minimum Gasteiger partial charge on any atom is -0.494 e. The number of carbonyl (C=O) groups excluding carboxylic acids is 1. The van der Waals surface area contributed by atoms with E-state index in [0.717, 1.165) is 25.1 Å². The predicted molar refractivity (Wildman–Crippen MR) is 93.0 cm³/mol. The Bertz CT molecular complexity index is 715. The molecule has 1 aliphatic rings. The third kappa shape index (κ3) is 3.39. The van der Waals surface area contributed by atoms with Crippen LogP contribution in [0.3, 0.4) is 0 Å². The summed E-state index contributed by atoms with van der Waals surface area (Å²) in [7, 11) is 1.56. The van der Waals surface area contributed by atoms with Crippen LogP contribution in [0.2, 0.25) is 0 Å². The highest BCUT2D eigenvalue weighted by Gasteiger charge is 2.19. The number of nitrogen functional groups attached to an aromatic ring is 1. The van der Waals surface area contributed by atoms with Gasteiger partial charge in [-0.3, -0.25) is 4.79 Å². The first-order valence-electron chi connectivity index (χ1n) is 7.73. The molecule has 2 aromatic rings. The third-order valence-corrected chi connectivity index (χ3v) is 4.04. The van der Waals surface area contributed by atoms with E-state index in [1.54, 1.807) is 25.3 Å². The van der Waals surface area contributed by atoms with Gasteiger partial charge < -0.3 is 20.7 Å². The van der Waals surface area contributed by atoms with Gasteiger partial charge >= 0.3 is 0 Å². The van der Waals surface area contributed by atoms with Crippen LogP contribution >= 0.6 is 0 Å². The second-order valence-corrected chi connectivity index (χ2v) is 5.66. The second kappa shape index (κ2) is 6.60. The largest absolute Gasteiger partial charge is 0.494 e. The molecule has 1 aliphatic heterocycles. The molecule has 0 saturated carbocycles. The van der Waals surface area contributed by atoms with E-state index >= 15 is 0 Å². The van der Waals surface area contributed by atoms with Crippen molar-refractivity contribution in [2.75, 3.05) is 36.1 Å². The lowest BCUT2D eigenvalue weighted by atomic mass is 10.0. The summed E-state index contributed by atoms with van der Waals surface area (Å²) in [4.78, 5) is 14.5. The Morgan fingerprint density at radius 1 is 1.30 bits per heavy atom. The molecule has 1 amide bonds. The summed E-state index contributed by atoms with van der Waals surface area (Å²) >= 11 is 0. The number of ether oxygens (including phenoxy) is 1. The van der Waals surface area contributed by atoms with Crippen molar-refractivity contribution in [2.45, 2.75) is 12.8 Å². The summed E-state index contributed by atoms with van der Waals surface area (Å²) in [5, 5.41) is 2.91. The van der Waals surface area contributed by atoms with Crippen LogP contribution in [0.25, 0.3) is 0 Å². The first-order valence-corrected chi connectivity index (χ1v) is 7.73. The first kappa shape index (κ1) is 15.2. The topological polar surface area (TPSA) is 67.6 Å². The zero-order chi connectivity index (χ0) is 16.2. The van der Waals surface area contributed by atoms with E-state index in [0.29, 0.717) is 23.7 Å². The van der Waals surface area contributed by atoms with E-state index < -0.39 is 0 Å². The summed E-state index contributed by atoms with van der Waals surface area (Å²) in [5.41, 5.74) is 9.43. The minimum absolute atomic E-state index is 0.0650. The maximum Gasteiger partial charge on any atom is 0.243 e. The number of nitrogens with zero attached hydrogens (tertiary/aromatic N) is 1. The molecule has 0 radical (unpaired) electrons. The van der Waals surface area contributed by atoms with Gasteiger partial charge in [0.15, 0.2) is 0 Å². The van der Waals surface area contributed by atoms with Crippen molar-refractivity contribution in [1.82, 2.24) is 0 Å². The van der Waals surface area contributed by atoms with Gasteiger partial charge in [0, 0.05) is 24.0 Å². The van der Waals surface area contributed by atoms with Crippen LogP contribution in [0.4, 0.5) is 17.1 Å². The molecule has 2 aromatic carbocycles. The normalized spacial score (nSPS) is 13.3. The molecule has 0 bridgehead atoms. The Morgan fingerprint density at radius 2 is 2.13 bits per heavy atom. The summed E-state index contributed by atoms with van der Waals surface area (Å²) in [5.74, 6) is 0.502. The van der Waals surface area contributed by atoms with Gasteiger partial charge in [-0.25, -0.2) is 0 Å². The van der Waals surface area contributed by atoms with Gasteiger partial charge in [0.1, 0.15) is 5.75 Å². The number of carbonyl (C=O) groups is 1. The molecule has 5 heteroatoms. The van der Waals surface area contributed by atoms with E-state index in [-0.39, 0.29) is 5.91 Å². The molecular weight excluding hydrogens is 290 g/mol. The van der Waals surface area contributed by atoms with Crippen molar-refractivity contribution in [3.05, 3.63) is 48.0 Å². The lowest BCUT2D eigenvalue weighted by molar-refractivity contribution is -0.115. The Balaban J connectivity index is 1.71. The van der Waals surface area contributed by atoms with Crippen LogP contribution in [0.5, 0.6) is 5.75 Å². The van der Waals surface area contributed by atoms with Gasteiger partial charge in [0.2, 0.25) is 5.91 Å². The molecule has 0 aromatic heterocycles. The molecule has 0 saturated heterocycles. The van der Waals surface area contributed by atoms with Gasteiger partial charge in [-0.15, -0.1) is 0 Å². The molecule has 3 N–H and O–H groups in total. The van der Waals surface area contributed by atoms with Gasteiger partial charge in [0.25, 0.3) is 0 Å². The number of benzene rings is 2. The Hall–Kier alpha value is -2.69. The SMILES string of the molecule is COc1cc(N)ccc1NC(=O)CN1CCCc2ccccc21. The summed E-state index contributed by atoms with van der Waals surface area (Å²) < 4.78 is 5.26. The van der Waals surface area contributed by atoms with E-state index in [1.165, 1.54) is 5.56 Å². The van der Waals surface area contributed by atoms with Gasteiger partial charge in [-0.05, 0) is 36.6 Å². The molecule has 23 heavy (non-hydrogen) atoms. The third-order valence-electron chi connectivity index (χ3n) is 4.04. The molecule has 5 nitrogen and oxygen atoms in total. The van der Waals surface area contributed by atoms with Crippen LogP contribution in [0.1, 0.15) is 12.0 Å². The zero-order valence-corrected chi connectivity index (χ0v) is 13.2. The highest BCUT2D eigenvalue weighted by Crippen LogP contribution is 2.28. The fraction of sp³-hybridized carbons (Fsp3) is 0.278. The van der Waals surface area contributed by atoms with E-state index in [9.17, 15) is 4.79 Å². The lowest BCUT2D eigenvalue weighted by Crippen LogP contribution is -2.36. The first-order chi connectivity index (χ1) is 11.2. The van der Waals surface area contributed by atoms with Crippen LogP contribution in [0.15, 0.2) is 42.5 Å². The van der Waals surface area contributed by atoms with Crippen LogP contribution in [-0.4, -0.2) is 26.1 Å². The standard InChI is InChI=1S/C18H21N3O2/c1-23-17-11-14(19)8-9-15(17)20-18(22)12-21-10-4-6-13-5-2-3-7-16(13)21/h2-3,5,7-9,11H,4,6,10,12,19H2,1H3,(H,20,22). The Kier molecular flexibility index (Phi) is 4.37. The van der Waals surface area contributed by atoms with Crippen molar-refractivity contribution in [3.63, 3.8) is 0 Å². The molecule has 3 rings (SSSR count). The highest BCUT2D eigenvalue weighted by molar-refractivity contribution is 5.95. The van der Waals surface area contributed by atoms with Crippen molar-refractivity contribution < 1.29 is 9.53 Å². The monoisotopic (exact) mass is 311 g/mol. The number of fused-ring (bicyclic) bond motifs is 1. The number of amides is 1. The number of methoxy groups -OCH3 is 1. The van der Waals surface area contributed by atoms with Gasteiger partial charge in [0.05, 0.1) is 19.3 Å². The quantitative estimate of drug-likeness (QED) is 0.852. The summed E-state index contributed by atoms with van der Waals surface area (Å²) in [6.45, 7) is 1.22. The van der Waals surface area contributed by atoms with E-state index in [1.807, 2.05) is 12.1 Å². The number of rotatable bonds is 4. The predicted octanol–water partition coefficient (Wildman–Crippen LogP) is 2.67. The summed E-state index contributed by atoms with van der Waals surface area (Å²) in [6, 6.07) is 13.5. The maximum absolute atomic E-state index is 12.4. The molecule has 0 aliphatic carbocycles. The van der Waals surface area contributed by atoms with Crippen molar-refractivity contribution in [3.8, 4) is 5.75 Å². The van der Waals surface area contributed by atoms with E-state index in [4.69, 9.17) is 10.5 Å². The molecule has 0 spiro atoms. The smallest absolute Gasteiger partial charge is 0.243 e. The molecular formula is C18H21N3O2. The molecule has 0 unspecified atom stereocenters. The Labute approximate surface area is 136 Å². The van der Waals surface area contributed by atoms with Crippen molar-refractivity contribution in [2.24, 2.45) is 0 Å². The average molecular weight is 311 g/mol. The van der Waals surface area contributed by atoms with Gasteiger partial charge in [-0.2, -0.15) is 0 Å². The molecule has 0 fully saturated rings. The number of hydrogen-bond donors (Lipinski definition) is 2. The molecule has 1 heterocycles. The molecule has 0 atom stereocenters.